The summed E-state index contributed by atoms with van der Waals surface area (Å²) in [6.45, 7) is 0. The third-order valence-corrected chi connectivity index (χ3v) is 2.99. The van der Waals surface area contributed by atoms with Gasteiger partial charge in [-0.25, -0.2) is 4.98 Å². The molecule has 7 heteroatoms. The van der Waals surface area contributed by atoms with Crippen LogP contribution >= 0.6 is 11.8 Å². The quantitative estimate of drug-likeness (QED) is 0.600. The predicted octanol–water partition coefficient (Wildman–Crippen LogP) is 0.645. The Bertz CT molecular complexity index is 520. The van der Waals surface area contributed by atoms with Crippen LogP contribution in [0.3, 0.4) is 0 Å². The highest BCUT2D eigenvalue weighted by Crippen LogP contribution is 2.25. The smallest absolute Gasteiger partial charge is 0.197 e. The van der Waals surface area contributed by atoms with Gasteiger partial charge in [0.2, 0.25) is 0 Å². The van der Waals surface area contributed by atoms with Gasteiger partial charge in [-0.15, -0.1) is 10.2 Å². The van der Waals surface area contributed by atoms with Crippen LogP contribution in [0, 0.1) is 5.41 Å². The van der Waals surface area contributed by atoms with Crippen LogP contribution in [0.5, 0.6) is 0 Å². The molecule has 0 aromatic carbocycles. The summed E-state index contributed by atoms with van der Waals surface area (Å²) in [6, 6.07) is 3.51. The van der Waals surface area contributed by atoms with E-state index < -0.39 is 0 Å². The van der Waals surface area contributed by atoms with E-state index in [0.717, 1.165) is 0 Å². The highest BCUT2D eigenvalue weighted by atomic mass is 32.2. The van der Waals surface area contributed by atoms with Crippen LogP contribution < -0.4 is 5.73 Å². The molecule has 0 atom stereocenters. The first-order valence-electron chi connectivity index (χ1n) is 4.49. The fourth-order valence-corrected chi connectivity index (χ4v) is 1.98. The first-order valence-corrected chi connectivity index (χ1v) is 5.31. The molecular weight excluding hydrogens is 224 g/mol. The van der Waals surface area contributed by atoms with Gasteiger partial charge >= 0.3 is 0 Å². The Morgan fingerprint density at radius 3 is 3.00 bits per heavy atom. The Morgan fingerprint density at radius 1 is 1.56 bits per heavy atom. The lowest BCUT2D eigenvalue weighted by Gasteiger charge is -2.04. The van der Waals surface area contributed by atoms with Gasteiger partial charge in [-0.05, 0) is 23.9 Å². The average Bonchev–Trinajstić information content (AvgIpc) is 2.65. The summed E-state index contributed by atoms with van der Waals surface area (Å²) >= 11 is 1.33. The van der Waals surface area contributed by atoms with Crippen molar-refractivity contribution in [3.05, 3.63) is 30.2 Å². The van der Waals surface area contributed by atoms with E-state index in [1.165, 1.54) is 11.8 Å². The van der Waals surface area contributed by atoms with Gasteiger partial charge in [-0.2, -0.15) is 0 Å². The number of aromatic nitrogens is 4. The molecule has 16 heavy (non-hydrogen) atoms. The molecule has 0 aliphatic rings. The molecule has 0 radical (unpaired) electrons. The molecule has 0 aliphatic carbocycles. The van der Waals surface area contributed by atoms with E-state index in [9.17, 15) is 0 Å². The Balaban J connectivity index is 2.35. The summed E-state index contributed by atoms with van der Waals surface area (Å²) < 4.78 is 1.78. The van der Waals surface area contributed by atoms with Crippen molar-refractivity contribution in [1.82, 2.24) is 19.7 Å². The minimum Gasteiger partial charge on any atom is -0.384 e. The molecule has 2 aromatic heterocycles. The fraction of sp³-hybridized carbons (Fsp3) is 0.111. The Labute approximate surface area is 96.4 Å². The lowest BCUT2D eigenvalue weighted by Crippen LogP contribution is -2.13. The number of nitrogens with zero attached hydrogens (tertiary/aromatic N) is 4. The van der Waals surface area contributed by atoms with Crippen molar-refractivity contribution >= 4 is 17.6 Å². The maximum atomic E-state index is 7.44. The second kappa shape index (κ2) is 4.31. The van der Waals surface area contributed by atoms with Crippen LogP contribution in [0.2, 0.25) is 0 Å². The Kier molecular flexibility index (Phi) is 2.86. The van der Waals surface area contributed by atoms with Crippen LogP contribution in [0.4, 0.5) is 0 Å². The molecule has 0 unspecified atom stereocenters. The minimum atomic E-state index is -0.00207. The molecule has 2 aromatic rings. The highest BCUT2D eigenvalue weighted by Gasteiger charge is 2.10. The van der Waals surface area contributed by atoms with E-state index in [-0.39, 0.29) is 5.84 Å². The first-order chi connectivity index (χ1) is 7.68. The molecule has 0 aliphatic heterocycles. The summed E-state index contributed by atoms with van der Waals surface area (Å²) in [5.41, 5.74) is 6.08. The van der Waals surface area contributed by atoms with Crippen LogP contribution in [-0.4, -0.2) is 25.6 Å². The fourth-order valence-electron chi connectivity index (χ4n) is 1.13. The largest absolute Gasteiger partial charge is 0.384 e. The number of pyridine rings is 1. The minimum absolute atomic E-state index is 0.00207. The maximum Gasteiger partial charge on any atom is 0.197 e. The number of nitrogen functional groups attached to an aromatic ring is 1. The number of aryl methyl sites for hydroxylation is 1. The molecule has 6 nitrogen and oxygen atoms in total. The van der Waals surface area contributed by atoms with Gasteiger partial charge in [0.1, 0.15) is 17.2 Å². The van der Waals surface area contributed by atoms with Crippen molar-refractivity contribution in [3.63, 3.8) is 0 Å². The van der Waals surface area contributed by atoms with Crippen molar-refractivity contribution in [2.45, 2.75) is 10.2 Å². The van der Waals surface area contributed by atoms with Crippen molar-refractivity contribution in [1.29, 1.82) is 5.41 Å². The molecular formula is C9H10N6S. The number of rotatable bonds is 3. The van der Waals surface area contributed by atoms with Gasteiger partial charge in [-0.3, -0.25) is 5.41 Å². The molecule has 0 amide bonds. The SMILES string of the molecule is Cn1cnnc1Sc1ncccc1C(=N)N. The standard InChI is InChI=1S/C9H10N6S/c1-15-5-13-14-9(15)16-8-6(7(10)11)3-2-4-12-8/h2-5H,1H3,(H3,10,11). The molecule has 0 spiro atoms. The van der Waals surface area contributed by atoms with Crippen molar-refractivity contribution in [2.24, 2.45) is 12.8 Å². The third-order valence-electron chi connectivity index (χ3n) is 1.92. The topological polar surface area (TPSA) is 93.5 Å². The second-order valence-corrected chi connectivity index (χ2v) is 4.05. The van der Waals surface area contributed by atoms with Crippen molar-refractivity contribution in [2.75, 3.05) is 0 Å². The number of nitrogens with two attached hydrogens (primary N) is 1. The molecule has 0 fully saturated rings. The molecule has 0 bridgehead atoms. The summed E-state index contributed by atoms with van der Waals surface area (Å²) in [6.07, 6.45) is 3.27. The molecule has 3 N–H and O–H groups in total. The lowest BCUT2D eigenvalue weighted by molar-refractivity contribution is 0.787. The monoisotopic (exact) mass is 234 g/mol. The molecule has 82 valence electrons. The summed E-state index contributed by atoms with van der Waals surface area (Å²) in [5, 5.41) is 16.5. The van der Waals surface area contributed by atoms with Crippen molar-refractivity contribution < 1.29 is 0 Å². The summed E-state index contributed by atoms with van der Waals surface area (Å²) in [5.74, 6) is -0.00207. The van der Waals surface area contributed by atoms with Gasteiger partial charge in [0.05, 0.1) is 0 Å². The molecule has 2 rings (SSSR count). The molecule has 2 heterocycles. The van der Waals surface area contributed by atoms with Gasteiger partial charge in [-0.1, -0.05) is 0 Å². The number of hydrogen-bond acceptors (Lipinski definition) is 5. The number of amidine groups is 1. The summed E-state index contributed by atoms with van der Waals surface area (Å²) in [4.78, 5) is 4.18. The summed E-state index contributed by atoms with van der Waals surface area (Å²) in [7, 11) is 1.85. The van der Waals surface area contributed by atoms with E-state index in [0.29, 0.717) is 15.7 Å². The molecule has 0 saturated carbocycles. The van der Waals surface area contributed by atoms with Gasteiger partial charge in [0.15, 0.2) is 5.16 Å². The maximum absolute atomic E-state index is 7.44. The predicted molar refractivity (Wildman–Crippen MR) is 60.4 cm³/mol. The van der Waals surface area contributed by atoms with Crippen molar-refractivity contribution in [3.8, 4) is 0 Å². The Hall–Kier alpha value is -1.89. The van der Waals surface area contributed by atoms with Crippen LogP contribution in [0.15, 0.2) is 34.8 Å². The average molecular weight is 234 g/mol. The van der Waals surface area contributed by atoms with Gasteiger partial charge < -0.3 is 10.3 Å². The van der Waals surface area contributed by atoms with E-state index in [1.807, 2.05) is 7.05 Å². The van der Waals surface area contributed by atoms with E-state index >= 15 is 0 Å². The van der Waals surface area contributed by atoms with E-state index in [2.05, 4.69) is 15.2 Å². The highest BCUT2D eigenvalue weighted by molar-refractivity contribution is 7.99. The van der Waals surface area contributed by atoms with Gasteiger partial charge in [0, 0.05) is 18.8 Å². The lowest BCUT2D eigenvalue weighted by atomic mass is 10.3. The van der Waals surface area contributed by atoms with Crippen LogP contribution in [0.25, 0.3) is 0 Å². The van der Waals surface area contributed by atoms with E-state index in [1.54, 1.807) is 29.2 Å². The Morgan fingerprint density at radius 2 is 2.38 bits per heavy atom. The second-order valence-electron chi connectivity index (χ2n) is 3.10. The zero-order valence-corrected chi connectivity index (χ0v) is 9.40. The zero-order valence-electron chi connectivity index (χ0n) is 8.58. The first kappa shape index (κ1) is 10.6. The normalized spacial score (nSPS) is 10.3. The third kappa shape index (κ3) is 2.03. The van der Waals surface area contributed by atoms with E-state index in [4.69, 9.17) is 11.1 Å². The number of nitrogens with one attached hydrogen (secondary N) is 1. The zero-order chi connectivity index (χ0) is 11.5. The van der Waals surface area contributed by atoms with Gasteiger partial charge in [0.25, 0.3) is 0 Å². The van der Waals surface area contributed by atoms with Crippen LogP contribution in [0.1, 0.15) is 5.56 Å². The van der Waals surface area contributed by atoms with Crippen LogP contribution in [-0.2, 0) is 7.05 Å². The molecule has 0 saturated heterocycles. The number of hydrogen-bond donors (Lipinski definition) is 2.